The Hall–Kier alpha value is -2.54. The molecule has 0 radical (unpaired) electrons. The molecular formula is C16H11ClF2O5. The summed E-state index contributed by atoms with van der Waals surface area (Å²) in [5.74, 6) is 0.305. The quantitative estimate of drug-likeness (QED) is 0.757. The minimum atomic E-state index is -2.92. The Morgan fingerprint density at radius 1 is 1.21 bits per heavy atom. The molecule has 1 heterocycles. The van der Waals surface area contributed by atoms with Gasteiger partial charge in [-0.25, -0.2) is 4.79 Å². The molecule has 0 N–H and O–H groups in total. The van der Waals surface area contributed by atoms with Crippen molar-refractivity contribution in [2.75, 3.05) is 6.79 Å². The number of carbonyl (C=O) groups excluding carboxylic acids is 1. The molecule has 126 valence electrons. The van der Waals surface area contributed by atoms with Gasteiger partial charge in [0.15, 0.2) is 11.5 Å². The average molecular weight is 357 g/mol. The van der Waals surface area contributed by atoms with Crippen molar-refractivity contribution < 1.29 is 32.5 Å². The molecule has 8 heteroatoms. The summed E-state index contributed by atoms with van der Waals surface area (Å²) in [5.41, 5.74) is 0.846. The topological polar surface area (TPSA) is 54.0 Å². The van der Waals surface area contributed by atoms with Crippen LogP contribution in [-0.2, 0) is 11.3 Å². The lowest BCUT2D eigenvalue weighted by atomic mass is 10.2. The van der Waals surface area contributed by atoms with Crippen LogP contribution in [-0.4, -0.2) is 19.4 Å². The minimum absolute atomic E-state index is 0.0233. The second-order valence-electron chi connectivity index (χ2n) is 4.79. The first-order valence-electron chi connectivity index (χ1n) is 6.83. The molecule has 0 unspecified atom stereocenters. The third-order valence-corrected chi connectivity index (χ3v) is 3.45. The van der Waals surface area contributed by atoms with E-state index in [1.54, 1.807) is 12.1 Å². The van der Waals surface area contributed by atoms with Gasteiger partial charge >= 0.3 is 12.6 Å². The van der Waals surface area contributed by atoms with Crippen molar-refractivity contribution in [3.8, 4) is 17.2 Å². The number of benzene rings is 2. The molecule has 0 spiro atoms. The highest BCUT2D eigenvalue weighted by atomic mass is 35.5. The van der Waals surface area contributed by atoms with Gasteiger partial charge < -0.3 is 18.9 Å². The zero-order valence-electron chi connectivity index (χ0n) is 12.1. The summed E-state index contributed by atoms with van der Waals surface area (Å²) in [6.07, 6.45) is 0. The van der Waals surface area contributed by atoms with Crippen molar-refractivity contribution in [3.63, 3.8) is 0 Å². The number of hydrogen-bond donors (Lipinski definition) is 0. The summed E-state index contributed by atoms with van der Waals surface area (Å²) in [4.78, 5) is 12.0. The first-order chi connectivity index (χ1) is 11.5. The van der Waals surface area contributed by atoms with Crippen molar-refractivity contribution in [2.24, 2.45) is 0 Å². The van der Waals surface area contributed by atoms with Crippen molar-refractivity contribution >= 4 is 17.6 Å². The van der Waals surface area contributed by atoms with Crippen LogP contribution in [0.5, 0.6) is 17.2 Å². The van der Waals surface area contributed by atoms with Gasteiger partial charge in [-0.15, -0.1) is 0 Å². The molecule has 1 aliphatic heterocycles. The molecule has 2 aromatic carbocycles. The maximum absolute atomic E-state index is 12.1. The van der Waals surface area contributed by atoms with Gasteiger partial charge in [-0.1, -0.05) is 11.6 Å². The Kier molecular flexibility index (Phi) is 4.71. The number of fused-ring (bicyclic) bond motifs is 1. The van der Waals surface area contributed by atoms with Crippen LogP contribution in [0.15, 0.2) is 36.4 Å². The van der Waals surface area contributed by atoms with Crippen LogP contribution < -0.4 is 14.2 Å². The molecule has 0 bridgehead atoms. The van der Waals surface area contributed by atoms with Crippen LogP contribution in [0.25, 0.3) is 0 Å². The van der Waals surface area contributed by atoms with Crippen LogP contribution in [0, 0.1) is 0 Å². The summed E-state index contributed by atoms with van der Waals surface area (Å²) < 4.78 is 43.9. The Balaban J connectivity index is 1.62. The van der Waals surface area contributed by atoms with Gasteiger partial charge in [0.1, 0.15) is 12.4 Å². The monoisotopic (exact) mass is 356 g/mol. The zero-order valence-corrected chi connectivity index (χ0v) is 12.9. The fourth-order valence-corrected chi connectivity index (χ4v) is 2.40. The summed E-state index contributed by atoms with van der Waals surface area (Å²) in [6, 6.07) is 8.49. The summed E-state index contributed by atoms with van der Waals surface area (Å²) in [5, 5.41) is 0.365. The first kappa shape index (κ1) is 16.3. The van der Waals surface area contributed by atoms with E-state index in [0.717, 1.165) is 0 Å². The Morgan fingerprint density at radius 3 is 2.67 bits per heavy atom. The van der Waals surface area contributed by atoms with Crippen LogP contribution in [0.3, 0.4) is 0 Å². The van der Waals surface area contributed by atoms with Gasteiger partial charge in [-0.3, -0.25) is 0 Å². The van der Waals surface area contributed by atoms with E-state index in [1.165, 1.54) is 24.3 Å². The Morgan fingerprint density at radius 2 is 1.96 bits per heavy atom. The van der Waals surface area contributed by atoms with Gasteiger partial charge in [0, 0.05) is 0 Å². The molecule has 5 nitrogen and oxygen atoms in total. The number of ether oxygens (including phenoxy) is 4. The highest BCUT2D eigenvalue weighted by Crippen LogP contribution is 2.39. The molecule has 0 fully saturated rings. The normalized spacial score (nSPS) is 12.3. The third-order valence-electron chi connectivity index (χ3n) is 3.17. The van der Waals surface area contributed by atoms with Crippen LogP contribution >= 0.6 is 11.6 Å². The maximum atomic E-state index is 12.1. The minimum Gasteiger partial charge on any atom is -0.457 e. The second kappa shape index (κ2) is 6.92. The summed E-state index contributed by atoms with van der Waals surface area (Å²) >= 11 is 6.05. The molecule has 0 atom stereocenters. The third kappa shape index (κ3) is 3.68. The molecule has 3 rings (SSSR count). The highest BCUT2D eigenvalue weighted by molar-refractivity contribution is 6.32. The smallest absolute Gasteiger partial charge is 0.387 e. The second-order valence-corrected chi connectivity index (χ2v) is 5.20. The zero-order chi connectivity index (χ0) is 17.1. The molecule has 1 aliphatic rings. The Bertz CT molecular complexity index is 749. The van der Waals surface area contributed by atoms with E-state index in [2.05, 4.69) is 4.74 Å². The van der Waals surface area contributed by atoms with E-state index >= 15 is 0 Å². The van der Waals surface area contributed by atoms with Crippen LogP contribution in [0.1, 0.15) is 15.9 Å². The maximum Gasteiger partial charge on any atom is 0.387 e. The molecule has 2 aromatic rings. The van der Waals surface area contributed by atoms with Crippen molar-refractivity contribution in [1.82, 2.24) is 0 Å². The fraction of sp³-hybridized carbons (Fsp3) is 0.188. The predicted octanol–water partition coefficient (Wildman–Crippen LogP) is 4.03. The van der Waals surface area contributed by atoms with Crippen molar-refractivity contribution in [3.05, 3.63) is 52.5 Å². The van der Waals surface area contributed by atoms with Gasteiger partial charge in [0.2, 0.25) is 6.79 Å². The Labute approximate surface area is 140 Å². The van der Waals surface area contributed by atoms with E-state index in [-0.39, 0.29) is 24.7 Å². The van der Waals surface area contributed by atoms with E-state index < -0.39 is 12.6 Å². The lowest BCUT2D eigenvalue weighted by Crippen LogP contribution is -2.06. The lowest BCUT2D eigenvalue weighted by molar-refractivity contribution is -0.0498. The molecule has 24 heavy (non-hydrogen) atoms. The van der Waals surface area contributed by atoms with Crippen molar-refractivity contribution in [2.45, 2.75) is 13.2 Å². The molecule has 0 saturated carbocycles. The molecule has 0 saturated heterocycles. The van der Waals surface area contributed by atoms with Gasteiger partial charge in [-0.2, -0.15) is 8.78 Å². The lowest BCUT2D eigenvalue weighted by Gasteiger charge is -2.08. The number of esters is 1. The first-order valence-corrected chi connectivity index (χ1v) is 7.21. The highest BCUT2D eigenvalue weighted by Gasteiger charge is 2.19. The number of halogens is 3. The average Bonchev–Trinajstić information content (AvgIpc) is 3.02. The fourth-order valence-electron chi connectivity index (χ4n) is 2.11. The molecule has 0 aromatic heterocycles. The molecular weight excluding hydrogens is 346 g/mol. The van der Waals surface area contributed by atoms with Crippen LogP contribution in [0.2, 0.25) is 5.02 Å². The largest absolute Gasteiger partial charge is 0.457 e. The molecule has 0 aliphatic carbocycles. The van der Waals surface area contributed by atoms with Gasteiger partial charge in [0.05, 0.1) is 10.6 Å². The van der Waals surface area contributed by atoms with Crippen molar-refractivity contribution in [1.29, 1.82) is 0 Å². The summed E-state index contributed by atoms with van der Waals surface area (Å²) in [6.45, 7) is -2.85. The summed E-state index contributed by atoms with van der Waals surface area (Å²) in [7, 11) is 0. The van der Waals surface area contributed by atoms with E-state index in [1.807, 2.05) is 0 Å². The van der Waals surface area contributed by atoms with E-state index in [4.69, 9.17) is 25.8 Å². The van der Waals surface area contributed by atoms with Gasteiger partial charge in [-0.05, 0) is 42.0 Å². The van der Waals surface area contributed by atoms with E-state index in [9.17, 15) is 13.6 Å². The number of hydrogen-bond acceptors (Lipinski definition) is 5. The number of carbonyl (C=O) groups is 1. The standard InChI is InChI=1S/C16H11ClF2O5/c17-12-5-9(6-13-14(12)23-8-22-13)7-21-15(20)10-1-3-11(4-2-10)24-16(18)19/h1-6,16H,7-8H2. The molecule has 0 amide bonds. The number of rotatable bonds is 5. The van der Waals surface area contributed by atoms with E-state index in [0.29, 0.717) is 22.1 Å². The number of alkyl halides is 2. The SMILES string of the molecule is O=C(OCc1cc(Cl)c2c(c1)OCO2)c1ccc(OC(F)F)cc1. The predicted molar refractivity (Wildman–Crippen MR) is 79.8 cm³/mol. The van der Waals surface area contributed by atoms with Gasteiger partial charge in [0.25, 0.3) is 0 Å². The van der Waals surface area contributed by atoms with Crippen LogP contribution in [0.4, 0.5) is 8.78 Å².